The summed E-state index contributed by atoms with van der Waals surface area (Å²) >= 11 is 1.33. The van der Waals surface area contributed by atoms with Gasteiger partial charge in [-0.05, 0) is 49.1 Å². The summed E-state index contributed by atoms with van der Waals surface area (Å²) in [7, 11) is 1.61. The Kier molecular flexibility index (Phi) is 9.31. The maximum absolute atomic E-state index is 12.6. The van der Waals surface area contributed by atoms with Gasteiger partial charge in [0.1, 0.15) is 5.75 Å². The predicted octanol–water partition coefficient (Wildman–Crippen LogP) is 4.58. The second-order valence-electron chi connectivity index (χ2n) is 8.48. The Morgan fingerprint density at radius 3 is 2.40 bits per heavy atom. The van der Waals surface area contributed by atoms with Gasteiger partial charge in [0.05, 0.1) is 25.3 Å². The van der Waals surface area contributed by atoms with Gasteiger partial charge in [-0.15, -0.1) is 10.2 Å². The smallest absolute Gasteiger partial charge is 0.234 e. The number of para-hydroxylation sites is 1. The van der Waals surface area contributed by atoms with Crippen molar-refractivity contribution in [3.63, 3.8) is 0 Å². The average molecular weight is 496 g/mol. The summed E-state index contributed by atoms with van der Waals surface area (Å²) in [4.78, 5) is 25.2. The number of anilines is 1. The molecule has 3 rings (SSSR count). The fraction of sp³-hybridized carbons (Fsp3) is 0.385. The zero-order valence-corrected chi connectivity index (χ0v) is 21.7. The number of benzene rings is 2. The van der Waals surface area contributed by atoms with Crippen molar-refractivity contribution in [1.29, 1.82) is 0 Å². The molecule has 2 N–H and O–H groups in total. The summed E-state index contributed by atoms with van der Waals surface area (Å²) in [5.41, 5.74) is 2.83. The first-order chi connectivity index (χ1) is 16.8. The maximum Gasteiger partial charge on any atom is 0.234 e. The standard InChI is InChI=1S/C26H33N5O3S/c1-6-31-25(18(4)27-23(32)15-19-11-13-20(34-5)14-12-19)29-30-26(31)35-16-24(33)28-22-10-8-7-9-21(22)17(2)3/h7-14,17-18H,6,15-16H2,1-5H3,(H,27,32)(H,28,33)/t18-/m0/s1. The number of carbonyl (C=O) groups is 2. The molecule has 2 amide bonds. The Hall–Kier alpha value is -3.33. The molecule has 1 atom stereocenters. The molecular formula is C26H33N5O3S. The van der Waals surface area contributed by atoms with Crippen molar-refractivity contribution in [3.05, 3.63) is 65.5 Å². The fourth-order valence-corrected chi connectivity index (χ4v) is 4.55. The van der Waals surface area contributed by atoms with Crippen LogP contribution < -0.4 is 15.4 Å². The SMILES string of the molecule is CCn1c(SCC(=O)Nc2ccccc2C(C)C)nnc1[C@H](C)NC(=O)Cc1ccc(OC)cc1. The molecule has 0 spiro atoms. The van der Waals surface area contributed by atoms with Crippen LogP contribution in [0.15, 0.2) is 53.7 Å². The van der Waals surface area contributed by atoms with Crippen LogP contribution in [0.2, 0.25) is 0 Å². The van der Waals surface area contributed by atoms with Gasteiger partial charge < -0.3 is 19.9 Å². The zero-order chi connectivity index (χ0) is 25.4. The highest BCUT2D eigenvalue weighted by Gasteiger charge is 2.20. The highest BCUT2D eigenvalue weighted by atomic mass is 32.2. The van der Waals surface area contributed by atoms with Crippen LogP contribution in [0.25, 0.3) is 0 Å². The Morgan fingerprint density at radius 2 is 1.74 bits per heavy atom. The second kappa shape index (κ2) is 12.4. The summed E-state index contributed by atoms with van der Waals surface area (Å²) in [6, 6.07) is 14.9. The minimum absolute atomic E-state index is 0.101. The quantitative estimate of drug-likeness (QED) is 0.378. The molecule has 9 heteroatoms. The lowest BCUT2D eigenvalue weighted by Crippen LogP contribution is -2.30. The number of aromatic nitrogens is 3. The summed E-state index contributed by atoms with van der Waals surface area (Å²) in [5.74, 6) is 1.72. The topological polar surface area (TPSA) is 98.1 Å². The molecular weight excluding hydrogens is 462 g/mol. The van der Waals surface area contributed by atoms with Crippen molar-refractivity contribution in [2.45, 2.75) is 57.8 Å². The summed E-state index contributed by atoms with van der Waals surface area (Å²) in [6.45, 7) is 8.69. The molecule has 2 aromatic carbocycles. The van der Waals surface area contributed by atoms with E-state index in [2.05, 4.69) is 34.7 Å². The normalized spacial score (nSPS) is 11.8. The highest BCUT2D eigenvalue weighted by molar-refractivity contribution is 7.99. The van der Waals surface area contributed by atoms with Crippen molar-refractivity contribution in [3.8, 4) is 5.75 Å². The van der Waals surface area contributed by atoms with E-state index in [9.17, 15) is 9.59 Å². The van der Waals surface area contributed by atoms with Crippen LogP contribution in [0.3, 0.4) is 0 Å². The van der Waals surface area contributed by atoms with Crippen molar-refractivity contribution in [2.24, 2.45) is 0 Å². The van der Waals surface area contributed by atoms with Crippen LogP contribution in [0.4, 0.5) is 5.69 Å². The molecule has 186 valence electrons. The number of nitrogens with one attached hydrogen (secondary N) is 2. The second-order valence-corrected chi connectivity index (χ2v) is 9.42. The highest BCUT2D eigenvalue weighted by Crippen LogP contribution is 2.25. The van der Waals surface area contributed by atoms with E-state index in [0.717, 1.165) is 22.6 Å². The van der Waals surface area contributed by atoms with Crippen LogP contribution in [-0.4, -0.2) is 39.4 Å². The molecule has 3 aromatic rings. The lowest BCUT2D eigenvalue weighted by atomic mass is 10.0. The molecule has 0 saturated heterocycles. The molecule has 0 aliphatic rings. The van der Waals surface area contributed by atoms with Crippen LogP contribution in [0, 0.1) is 0 Å². The number of ether oxygens (including phenoxy) is 1. The molecule has 0 aliphatic carbocycles. The Morgan fingerprint density at radius 1 is 1.03 bits per heavy atom. The van der Waals surface area contributed by atoms with E-state index in [1.54, 1.807) is 7.11 Å². The minimum atomic E-state index is -0.325. The first-order valence-corrected chi connectivity index (χ1v) is 12.7. The molecule has 1 heterocycles. The van der Waals surface area contributed by atoms with E-state index in [0.29, 0.717) is 23.4 Å². The number of hydrogen-bond donors (Lipinski definition) is 2. The number of rotatable bonds is 11. The van der Waals surface area contributed by atoms with Gasteiger partial charge in [0, 0.05) is 12.2 Å². The van der Waals surface area contributed by atoms with E-state index < -0.39 is 0 Å². The van der Waals surface area contributed by atoms with E-state index >= 15 is 0 Å². The van der Waals surface area contributed by atoms with Crippen LogP contribution in [0.1, 0.15) is 56.6 Å². The minimum Gasteiger partial charge on any atom is -0.497 e. The van der Waals surface area contributed by atoms with Gasteiger partial charge in [-0.3, -0.25) is 9.59 Å². The van der Waals surface area contributed by atoms with Crippen molar-refractivity contribution < 1.29 is 14.3 Å². The van der Waals surface area contributed by atoms with Crippen molar-refractivity contribution in [1.82, 2.24) is 20.1 Å². The summed E-state index contributed by atoms with van der Waals surface area (Å²) in [6.07, 6.45) is 0.258. The monoisotopic (exact) mass is 495 g/mol. The van der Waals surface area contributed by atoms with Gasteiger partial charge >= 0.3 is 0 Å². The number of thioether (sulfide) groups is 1. The van der Waals surface area contributed by atoms with Crippen LogP contribution in [0.5, 0.6) is 5.75 Å². The van der Waals surface area contributed by atoms with E-state index in [4.69, 9.17) is 4.74 Å². The summed E-state index contributed by atoms with van der Waals surface area (Å²) in [5, 5.41) is 15.2. The van der Waals surface area contributed by atoms with Crippen LogP contribution in [-0.2, 0) is 22.6 Å². The zero-order valence-electron chi connectivity index (χ0n) is 20.9. The molecule has 0 aliphatic heterocycles. The van der Waals surface area contributed by atoms with Gasteiger partial charge in [0.15, 0.2) is 11.0 Å². The third-order valence-electron chi connectivity index (χ3n) is 5.54. The number of carbonyl (C=O) groups excluding carboxylic acids is 2. The Balaban J connectivity index is 1.58. The lowest BCUT2D eigenvalue weighted by molar-refractivity contribution is -0.121. The number of methoxy groups -OCH3 is 1. The maximum atomic E-state index is 12.6. The van der Waals surface area contributed by atoms with Crippen molar-refractivity contribution in [2.75, 3.05) is 18.2 Å². The first-order valence-electron chi connectivity index (χ1n) is 11.7. The molecule has 0 unspecified atom stereocenters. The van der Waals surface area contributed by atoms with Gasteiger partial charge in [-0.1, -0.05) is 55.9 Å². The lowest BCUT2D eigenvalue weighted by Gasteiger charge is -2.15. The van der Waals surface area contributed by atoms with Crippen molar-refractivity contribution >= 4 is 29.3 Å². The average Bonchev–Trinajstić information content (AvgIpc) is 3.26. The summed E-state index contributed by atoms with van der Waals surface area (Å²) < 4.78 is 7.09. The first kappa shape index (κ1) is 26.3. The van der Waals surface area contributed by atoms with E-state index in [1.807, 2.05) is 66.9 Å². The molecule has 0 saturated carbocycles. The fourth-order valence-electron chi connectivity index (χ4n) is 3.74. The van der Waals surface area contributed by atoms with Gasteiger partial charge in [0.25, 0.3) is 0 Å². The molecule has 1 aromatic heterocycles. The van der Waals surface area contributed by atoms with Crippen LogP contribution >= 0.6 is 11.8 Å². The third kappa shape index (κ3) is 7.08. The molecule has 0 radical (unpaired) electrons. The van der Waals surface area contributed by atoms with Gasteiger partial charge in [-0.25, -0.2) is 0 Å². The van der Waals surface area contributed by atoms with E-state index in [-0.39, 0.29) is 30.0 Å². The van der Waals surface area contributed by atoms with Gasteiger partial charge in [0.2, 0.25) is 11.8 Å². The third-order valence-corrected chi connectivity index (χ3v) is 6.51. The Bertz CT molecular complexity index is 1140. The number of amides is 2. The molecule has 0 bridgehead atoms. The number of hydrogen-bond acceptors (Lipinski definition) is 6. The molecule has 8 nitrogen and oxygen atoms in total. The molecule has 35 heavy (non-hydrogen) atoms. The van der Waals surface area contributed by atoms with E-state index in [1.165, 1.54) is 11.8 Å². The largest absolute Gasteiger partial charge is 0.497 e. The number of nitrogens with zero attached hydrogens (tertiary/aromatic N) is 3. The molecule has 0 fully saturated rings. The predicted molar refractivity (Wildman–Crippen MR) is 139 cm³/mol. The van der Waals surface area contributed by atoms with Gasteiger partial charge in [-0.2, -0.15) is 0 Å². The Labute approximate surface area is 210 Å².